The third-order valence-electron chi connectivity index (χ3n) is 4.44. The molecule has 3 rings (SSSR count). The molecule has 0 atom stereocenters. The number of hydrogen-bond donors (Lipinski definition) is 1. The number of nitrogen functional groups attached to an aromatic ring is 1. The van der Waals surface area contributed by atoms with Gasteiger partial charge in [-0.05, 0) is 18.4 Å². The number of aryl methyl sites for hydroxylation is 1. The summed E-state index contributed by atoms with van der Waals surface area (Å²) in [6, 6.07) is 7.71. The van der Waals surface area contributed by atoms with Gasteiger partial charge in [0.25, 0.3) is 0 Å². The lowest BCUT2D eigenvalue weighted by Gasteiger charge is -2.20. The fourth-order valence-corrected chi connectivity index (χ4v) is 3.50. The van der Waals surface area contributed by atoms with E-state index in [4.69, 9.17) is 21.9 Å². The molecule has 1 fully saturated rings. The molecule has 3 nitrogen and oxygen atoms in total. The van der Waals surface area contributed by atoms with E-state index in [0.717, 1.165) is 35.6 Å². The van der Waals surface area contributed by atoms with Gasteiger partial charge >= 0.3 is 0 Å². The number of rotatable bonds is 4. The van der Waals surface area contributed by atoms with E-state index in [-0.39, 0.29) is 0 Å². The van der Waals surface area contributed by atoms with Crippen LogP contribution in [0.1, 0.15) is 44.3 Å². The van der Waals surface area contributed by atoms with Crippen molar-refractivity contribution in [1.82, 2.24) is 5.16 Å². The number of anilines is 1. The minimum Gasteiger partial charge on any atom is -0.380 e. The number of nitrogens with zero attached hydrogens (tertiary/aromatic N) is 1. The molecule has 4 heteroatoms. The van der Waals surface area contributed by atoms with Crippen molar-refractivity contribution in [3.05, 3.63) is 35.0 Å². The predicted octanol–water partition coefficient (Wildman–Crippen LogP) is 5.09. The van der Waals surface area contributed by atoms with E-state index >= 15 is 0 Å². The molecule has 1 aliphatic carbocycles. The molecule has 0 saturated heterocycles. The summed E-state index contributed by atoms with van der Waals surface area (Å²) in [5.74, 6) is 2.11. The summed E-state index contributed by atoms with van der Waals surface area (Å²) in [7, 11) is 0. The van der Waals surface area contributed by atoms with Gasteiger partial charge in [-0.3, -0.25) is 0 Å². The highest BCUT2D eigenvalue weighted by Gasteiger charge is 2.20. The molecular weight excluding hydrogens is 284 g/mol. The standard InChI is InChI=1S/C17H21ClN2O/c18-14-9-5-4-8-13(14)16-15(21-20-17(16)19)11-10-12-6-2-1-3-7-12/h4-5,8-9,12H,1-3,6-7,10-11H2,(H2,19,20). The molecule has 21 heavy (non-hydrogen) atoms. The average molecular weight is 305 g/mol. The van der Waals surface area contributed by atoms with E-state index in [0.29, 0.717) is 10.8 Å². The summed E-state index contributed by atoms with van der Waals surface area (Å²) in [5.41, 5.74) is 7.77. The molecule has 1 heterocycles. The van der Waals surface area contributed by atoms with Crippen molar-refractivity contribution in [1.29, 1.82) is 0 Å². The Balaban J connectivity index is 1.79. The maximum absolute atomic E-state index is 6.28. The smallest absolute Gasteiger partial charge is 0.175 e. The lowest BCUT2D eigenvalue weighted by molar-refractivity contribution is 0.318. The van der Waals surface area contributed by atoms with Crippen molar-refractivity contribution < 1.29 is 4.52 Å². The van der Waals surface area contributed by atoms with Crippen molar-refractivity contribution in [2.45, 2.75) is 44.9 Å². The van der Waals surface area contributed by atoms with Crippen molar-refractivity contribution in [2.75, 3.05) is 5.73 Å². The molecular formula is C17H21ClN2O. The Kier molecular flexibility index (Phi) is 4.49. The van der Waals surface area contributed by atoms with E-state index in [1.54, 1.807) is 0 Å². The van der Waals surface area contributed by atoms with Crippen LogP contribution in [0.5, 0.6) is 0 Å². The van der Waals surface area contributed by atoms with Crippen molar-refractivity contribution >= 4 is 17.4 Å². The molecule has 1 aromatic carbocycles. The van der Waals surface area contributed by atoms with E-state index in [1.165, 1.54) is 32.1 Å². The van der Waals surface area contributed by atoms with Gasteiger partial charge in [0.05, 0.1) is 5.56 Å². The minimum absolute atomic E-state index is 0.432. The second-order valence-corrected chi connectivity index (χ2v) is 6.30. The van der Waals surface area contributed by atoms with E-state index in [1.807, 2.05) is 24.3 Å². The SMILES string of the molecule is Nc1noc(CCC2CCCCC2)c1-c1ccccc1Cl. The Morgan fingerprint density at radius 2 is 1.95 bits per heavy atom. The second-order valence-electron chi connectivity index (χ2n) is 5.89. The second kappa shape index (κ2) is 6.52. The van der Waals surface area contributed by atoms with Crippen molar-refractivity contribution in [3.8, 4) is 11.1 Å². The van der Waals surface area contributed by atoms with Crippen LogP contribution in [0.15, 0.2) is 28.8 Å². The van der Waals surface area contributed by atoms with Crippen LogP contribution in [-0.2, 0) is 6.42 Å². The lowest BCUT2D eigenvalue weighted by atomic mass is 9.85. The van der Waals surface area contributed by atoms with E-state index < -0.39 is 0 Å². The summed E-state index contributed by atoms with van der Waals surface area (Å²) in [6.45, 7) is 0. The van der Waals surface area contributed by atoms with Crippen LogP contribution in [0.4, 0.5) is 5.82 Å². The maximum atomic E-state index is 6.28. The predicted molar refractivity (Wildman–Crippen MR) is 86.3 cm³/mol. The third kappa shape index (κ3) is 3.24. The van der Waals surface area contributed by atoms with Crippen LogP contribution in [0.2, 0.25) is 5.02 Å². The Bertz CT molecular complexity index is 603. The maximum Gasteiger partial charge on any atom is 0.175 e. The van der Waals surface area contributed by atoms with Gasteiger partial charge in [-0.25, -0.2) is 0 Å². The van der Waals surface area contributed by atoms with Crippen molar-refractivity contribution in [2.24, 2.45) is 5.92 Å². The van der Waals surface area contributed by atoms with Gasteiger partial charge < -0.3 is 10.3 Å². The van der Waals surface area contributed by atoms with Crippen LogP contribution in [0, 0.1) is 5.92 Å². The van der Waals surface area contributed by atoms with Gasteiger partial charge in [-0.1, -0.05) is 67.1 Å². The minimum atomic E-state index is 0.432. The molecule has 2 N–H and O–H groups in total. The number of benzene rings is 1. The Labute approximate surface area is 130 Å². The first-order valence-corrected chi connectivity index (χ1v) is 8.12. The highest BCUT2D eigenvalue weighted by atomic mass is 35.5. The molecule has 1 aromatic heterocycles. The van der Waals surface area contributed by atoms with Crippen LogP contribution in [0.25, 0.3) is 11.1 Å². The number of nitrogens with two attached hydrogens (primary N) is 1. The highest BCUT2D eigenvalue weighted by Crippen LogP contribution is 2.36. The first-order chi connectivity index (χ1) is 10.3. The van der Waals surface area contributed by atoms with Gasteiger partial charge in [-0.15, -0.1) is 0 Å². The summed E-state index contributed by atoms with van der Waals surface area (Å²) in [5, 5.41) is 4.63. The first-order valence-electron chi connectivity index (χ1n) is 7.74. The van der Waals surface area contributed by atoms with Gasteiger partial charge in [0.2, 0.25) is 0 Å². The van der Waals surface area contributed by atoms with E-state index in [2.05, 4.69) is 5.16 Å². The number of hydrogen-bond acceptors (Lipinski definition) is 3. The number of aromatic nitrogens is 1. The normalized spacial score (nSPS) is 16.2. The van der Waals surface area contributed by atoms with Gasteiger partial charge in [-0.2, -0.15) is 0 Å². The average Bonchev–Trinajstić information content (AvgIpc) is 2.88. The molecule has 1 aliphatic rings. The third-order valence-corrected chi connectivity index (χ3v) is 4.77. The van der Waals surface area contributed by atoms with Crippen LogP contribution in [-0.4, -0.2) is 5.16 Å². The Morgan fingerprint density at radius 1 is 1.19 bits per heavy atom. The zero-order chi connectivity index (χ0) is 14.7. The fourth-order valence-electron chi connectivity index (χ4n) is 3.27. The zero-order valence-electron chi connectivity index (χ0n) is 12.1. The summed E-state index contributed by atoms with van der Waals surface area (Å²) < 4.78 is 5.46. The van der Waals surface area contributed by atoms with Gasteiger partial charge in [0.1, 0.15) is 5.76 Å². The summed E-state index contributed by atoms with van der Waals surface area (Å²) in [6.07, 6.45) is 8.81. The highest BCUT2D eigenvalue weighted by molar-refractivity contribution is 6.33. The topological polar surface area (TPSA) is 52.0 Å². The molecule has 112 valence electrons. The molecule has 0 spiro atoms. The number of halogens is 1. The molecule has 1 saturated carbocycles. The van der Waals surface area contributed by atoms with Gasteiger partial charge in [0.15, 0.2) is 5.82 Å². The van der Waals surface area contributed by atoms with E-state index in [9.17, 15) is 0 Å². The quantitative estimate of drug-likeness (QED) is 0.856. The first kappa shape index (κ1) is 14.5. The lowest BCUT2D eigenvalue weighted by Crippen LogP contribution is -2.07. The Hall–Kier alpha value is -1.48. The molecule has 0 radical (unpaired) electrons. The fraction of sp³-hybridized carbons (Fsp3) is 0.471. The van der Waals surface area contributed by atoms with Crippen LogP contribution >= 0.6 is 11.6 Å². The molecule has 2 aromatic rings. The zero-order valence-corrected chi connectivity index (χ0v) is 12.9. The summed E-state index contributed by atoms with van der Waals surface area (Å²) >= 11 is 6.28. The van der Waals surface area contributed by atoms with Gasteiger partial charge in [0, 0.05) is 17.0 Å². The largest absolute Gasteiger partial charge is 0.380 e. The molecule has 0 aliphatic heterocycles. The molecule has 0 amide bonds. The molecule has 0 bridgehead atoms. The van der Waals surface area contributed by atoms with Crippen LogP contribution in [0.3, 0.4) is 0 Å². The van der Waals surface area contributed by atoms with Crippen LogP contribution < -0.4 is 5.73 Å². The summed E-state index contributed by atoms with van der Waals surface area (Å²) in [4.78, 5) is 0. The van der Waals surface area contributed by atoms with Crippen molar-refractivity contribution in [3.63, 3.8) is 0 Å². The monoisotopic (exact) mass is 304 g/mol. The molecule has 0 unspecified atom stereocenters. The Morgan fingerprint density at radius 3 is 2.71 bits per heavy atom.